The first-order valence-electron chi connectivity index (χ1n) is 7.23. The minimum atomic E-state index is 0.604. The van der Waals surface area contributed by atoms with E-state index in [0.717, 1.165) is 18.6 Å². The van der Waals surface area contributed by atoms with Crippen molar-refractivity contribution in [3.05, 3.63) is 64.7 Å². The zero-order valence-corrected chi connectivity index (χ0v) is 12.4. The standard InChI is InChI=1S/C18H23NO/c1-3-15-7-9-16(10-8-15)13-20-18-14(2)5-4-6-17(18)11-12-19/h4-10H,3,11-13,19H2,1-2H3. The number of ether oxygens (including phenoxy) is 1. The van der Waals surface area contributed by atoms with E-state index >= 15 is 0 Å². The van der Waals surface area contributed by atoms with Crippen molar-refractivity contribution < 1.29 is 4.74 Å². The molecule has 2 rings (SSSR count). The lowest BCUT2D eigenvalue weighted by Crippen LogP contribution is -2.06. The predicted octanol–water partition coefficient (Wildman–Crippen LogP) is 3.64. The number of para-hydroxylation sites is 1. The molecule has 2 N–H and O–H groups in total. The number of nitrogens with two attached hydrogens (primary N) is 1. The third-order valence-electron chi connectivity index (χ3n) is 3.52. The lowest BCUT2D eigenvalue weighted by Gasteiger charge is -2.14. The molecule has 2 aromatic rings. The molecule has 0 fully saturated rings. The van der Waals surface area contributed by atoms with E-state index in [-0.39, 0.29) is 0 Å². The van der Waals surface area contributed by atoms with Crippen molar-refractivity contribution in [2.45, 2.75) is 33.3 Å². The summed E-state index contributed by atoms with van der Waals surface area (Å²) >= 11 is 0. The maximum absolute atomic E-state index is 6.02. The third-order valence-corrected chi connectivity index (χ3v) is 3.52. The number of hydrogen-bond donors (Lipinski definition) is 1. The average molecular weight is 269 g/mol. The summed E-state index contributed by atoms with van der Waals surface area (Å²) in [6, 6.07) is 14.8. The van der Waals surface area contributed by atoms with E-state index in [1.165, 1.54) is 22.3 Å². The predicted molar refractivity (Wildman–Crippen MR) is 84.1 cm³/mol. The van der Waals surface area contributed by atoms with Gasteiger partial charge >= 0.3 is 0 Å². The van der Waals surface area contributed by atoms with Gasteiger partial charge < -0.3 is 10.5 Å². The summed E-state index contributed by atoms with van der Waals surface area (Å²) < 4.78 is 6.02. The number of benzene rings is 2. The smallest absolute Gasteiger partial charge is 0.125 e. The van der Waals surface area contributed by atoms with Gasteiger partial charge in [0.25, 0.3) is 0 Å². The summed E-state index contributed by atoms with van der Waals surface area (Å²) in [4.78, 5) is 0. The first-order chi connectivity index (χ1) is 9.74. The fraction of sp³-hybridized carbons (Fsp3) is 0.333. The molecule has 0 bridgehead atoms. The van der Waals surface area contributed by atoms with Gasteiger partial charge in [-0.05, 0) is 48.6 Å². The average Bonchev–Trinajstić information content (AvgIpc) is 2.47. The second kappa shape index (κ2) is 7.11. The van der Waals surface area contributed by atoms with Gasteiger partial charge in [0, 0.05) is 0 Å². The lowest BCUT2D eigenvalue weighted by molar-refractivity contribution is 0.301. The monoisotopic (exact) mass is 269 g/mol. The molecule has 2 nitrogen and oxygen atoms in total. The Morgan fingerprint density at radius 2 is 1.70 bits per heavy atom. The Hall–Kier alpha value is -1.80. The zero-order valence-electron chi connectivity index (χ0n) is 12.4. The van der Waals surface area contributed by atoms with Crippen LogP contribution in [0.4, 0.5) is 0 Å². The van der Waals surface area contributed by atoms with E-state index in [2.05, 4.69) is 56.3 Å². The summed E-state index contributed by atoms with van der Waals surface area (Å²) in [6.07, 6.45) is 1.92. The highest BCUT2D eigenvalue weighted by atomic mass is 16.5. The van der Waals surface area contributed by atoms with Crippen molar-refractivity contribution in [1.29, 1.82) is 0 Å². The maximum atomic E-state index is 6.02. The van der Waals surface area contributed by atoms with Crippen LogP contribution in [0, 0.1) is 6.92 Å². The van der Waals surface area contributed by atoms with E-state index in [1.54, 1.807) is 0 Å². The first kappa shape index (κ1) is 14.6. The molecule has 0 aliphatic rings. The van der Waals surface area contributed by atoms with Gasteiger partial charge in [-0.1, -0.05) is 49.4 Å². The first-order valence-corrected chi connectivity index (χ1v) is 7.23. The summed E-state index contributed by atoms with van der Waals surface area (Å²) in [6.45, 7) is 5.49. The van der Waals surface area contributed by atoms with Crippen LogP contribution in [0.5, 0.6) is 5.75 Å². The highest BCUT2D eigenvalue weighted by molar-refractivity contribution is 5.41. The maximum Gasteiger partial charge on any atom is 0.125 e. The molecule has 106 valence electrons. The van der Waals surface area contributed by atoms with E-state index < -0.39 is 0 Å². The summed E-state index contributed by atoms with van der Waals surface area (Å²) in [7, 11) is 0. The second-order valence-electron chi connectivity index (χ2n) is 5.06. The Kier molecular flexibility index (Phi) is 5.19. The molecular formula is C18H23NO. The minimum absolute atomic E-state index is 0.604. The molecule has 0 saturated heterocycles. The van der Waals surface area contributed by atoms with Crippen LogP contribution >= 0.6 is 0 Å². The number of hydrogen-bond acceptors (Lipinski definition) is 2. The van der Waals surface area contributed by atoms with Crippen LogP contribution < -0.4 is 10.5 Å². The Morgan fingerprint density at radius 1 is 1.00 bits per heavy atom. The number of rotatable bonds is 6. The Morgan fingerprint density at radius 3 is 2.35 bits per heavy atom. The number of aryl methyl sites for hydroxylation is 2. The molecule has 0 amide bonds. The molecule has 0 atom stereocenters. The van der Waals surface area contributed by atoms with Crippen molar-refractivity contribution in [2.24, 2.45) is 5.73 Å². The van der Waals surface area contributed by atoms with Crippen LogP contribution in [0.3, 0.4) is 0 Å². The molecule has 20 heavy (non-hydrogen) atoms. The molecule has 0 aromatic heterocycles. The molecule has 0 aliphatic heterocycles. The van der Waals surface area contributed by atoms with Gasteiger partial charge in [-0.3, -0.25) is 0 Å². The lowest BCUT2D eigenvalue weighted by atomic mass is 10.1. The molecule has 2 heteroatoms. The van der Waals surface area contributed by atoms with Crippen LogP contribution in [0.25, 0.3) is 0 Å². The topological polar surface area (TPSA) is 35.2 Å². The second-order valence-corrected chi connectivity index (χ2v) is 5.06. The van der Waals surface area contributed by atoms with Crippen LogP contribution in [-0.4, -0.2) is 6.54 Å². The van der Waals surface area contributed by atoms with E-state index in [4.69, 9.17) is 10.5 Å². The van der Waals surface area contributed by atoms with Crippen molar-refractivity contribution >= 4 is 0 Å². The molecule has 0 radical (unpaired) electrons. The SMILES string of the molecule is CCc1ccc(COc2c(C)cccc2CCN)cc1. The Labute approximate surface area is 121 Å². The van der Waals surface area contributed by atoms with Gasteiger partial charge in [-0.25, -0.2) is 0 Å². The quantitative estimate of drug-likeness (QED) is 0.869. The Balaban J connectivity index is 2.09. The van der Waals surface area contributed by atoms with Crippen LogP contribution in [-0.2, 0) is 19.4 Å². The molecule has 0 spiro atoms. The van der Waals surface area contributed by atoms with Gasteiger partial charge in [0.2, 0.25) is 0 Å². The molecule has 2 aromatic carbocycles. The molecule has 0 heterocycles. The van der Waals surface area contributed by atoms with Crippen LogP contribution in [0.15, 0.2) is 42.5 Å². The Bertz CT molecular complexity index is 546. The molecule has 0 saturated carbocycles. The highest BCUT2D eigenvalue weighted by Crippen LogP contribution is 2.24. The van der Waals surface area contributed by atoms with E-state index in [0.29, 0.717) is 13.2 Å². The third kappa shape index (κ3) is 3.61. The van der Waals surface area contributed by atoms with E-state index in [9.17, 15) is 0 Å². The molecule has 0 unspecified atom stereocenters. The zero-order chi connectivity index (χ0) is 14.4. The van der Waals surface area contributed by atoms with Crippen molar-refractivity contribution in [1.82, 2.24) is 0 Å². The fourth-order valence-corrected chi connectivity index (χ4v) is 2.30. The van der Waals surface area contributed by atoms with Crippen molar-refractivity contribution in [3.8, 4) is 5.75 Å². The molecular weight excluding hydrogens is 246 g/mol. The fourth-order valence-electron chi connectivity index (χ4n) is 2.30. The highest BCUT2D eigenvalue weighted by Gasteiger charge is 2.06. The van der Waals surface area contributed by atoms with Gasteiger partial charge in [0.05, 0.1) is 0 Å². The van der Waals surface area contributed by atoms with E-state index in [1.807, 2.05) is 0 Å². The van der Waals surface area contributed by atoms with Gasteiger partial charge in [-0.15, -0.1) is 0 Å². The van der Waals surface area contributed by atoms with Crippen molar-refractivity contribution in [3.63, 3.8) is 0 Å². The van der Waals surface area contributed by atoms with Crippen molar-refractivity contribution in [2.75, 3.05) is 6.54 Å². The summed E-state index contributed by atoms with van der Waals surface area (Å²) in [5, 5.41) is 0. The summed E-state index contributed by atoms with van der Waals surface area (Å²) in [5.74, 6) is 0.984. The van der Waals surface area contributed by atoms with Gasteiger partial charge in [-0.2, -0.15) is 0 Å². The van der Waals surface area contributed by atoms with Gasteiger partial charge in [0.15, 0.2) is 0 Å². The van der Waals surface area contributed by atoms with Gasteiger partial charge in [0.1, 0.15) is 12.4 Å². The minimum Gasteiger partial charge on any atom is -0.488 e. The largest absolute Gasteiger partial charge is 0.488 e. The van der Waals surface area contributed by atoms with Crippen LogP contribution in [0.2, 0.25) is 0 Å². The molecule has 0 aliphatic carbocycles. The summed E-state index contributed by atoms with van der Waals surface area (Å²) in [5.41, 5.74) is 10.6. The van der Waals surface area contributed by atoms with Crippen LogP contribution in [0.1, 0.15) is 29.2 Å². The normalized spacial score (nSPS) is 10.6.